The van der Waals surface area contributed by atoms with Crippen LogP contribution in [0, 0.1) is 0 Å². The Morgan fingerprint density at radius 1 is 1.05 bits per heavy atom. The van der Waals surface area contributed by atoms with E-state index >= 15 is 0 Å². The van der Waals surface area contributed by atoms with Crippen molar-refractivity contribution in [3.8, 4) is 0 Å². The molecule has 0 radical (unpaired) electrons. The van der Waals surface area contributed by atoms with E-state index in [9.17, 15) is 9.59 Å². The Balaban J connectivity index is 1.70. The second-order valence-electron chi connectivity index (χ2n) is 4.65. The van der Waals surface area contributed by atoms with Gasteiger partial charge in [0.1, 0.15) is 6.54 Å². The first-order valence-corrected chi connectivity index (χ1v) is 7.68. The monoisotopic (exact) mass is 361 g/mol. The average molecular weight is 362 g/mol. The zero-order valence-corrected chi connectivity index (χ0v) is 13.5. The first-order valence-electron chi connectivity index (χ1n) is 6.88. The van der Waals surface area contributed by atoms with Crippen LogP contribution < -0.4 is 5.32 Å². The summed E-state index contributed by atoms with van der Waals surface area (Å²) in [5, 5.41) is 2.54. The van der Waals surface area contributed by atoms with Gasteiger partial charge in [0.05, 0.1) is 6.61 Å². The molecule has 0 aromatic heterocycles. The molecular weight excluding hydrogens is 346 g/mol. The fourth-order valence-corrected chi connectivity index (χ4v) is 2.26. The van der Waals surface area contributed by atoms with Crippen molar-refractivity contribution in [1.29, 1.82) is 0 Å². The summed E-state index contributed by atoms with van der Waals surface area (Å²) in [5.74, 6) is -0.749. The molecule has 0 bridgehead atoms. The number of halogens is 1. The molecule has 5 heteroatoms. The first-order chi connectivity index (χ1) is 10.6. The Labute approximate surface area is 137 Å². The Bertz CT molecular complexity index is 643. The molecule has 0 aliphatic rings. The molecule has 0 unspecified atom stereocenters. The van der Waals surface area contributed by atoms with Crippen LogP contribution in [0.4, 0.5) is 0 Å². The minimum Gasteiger partial charge on any atom is -0.464 e. The van der Waals surface area contributed by atoms with E-state index in [4.69, 9.17) is 4.74 Å². The summed E-state index contributed by atoms with van der Waals surface area (Å²) in [7, 11) is 0. The highest BCUT2D eigenvalue weighted by Crippen LogP contribution is 2.11. The number of ether oxygens (including phenoxy) is 1. The molecule has 22 heavy (non-hydrogen) atoms. The lowest BCUT2D eigenvalue weighted by Gasteiger charge is -2.07. The first kappa shape index (κ1) is 16.2. The zero-order chi connectivity index (χ0) is 15.8. The average Bonchev–Trinajstić information content (AvgIpc) is 2.53. The highest BCUT2D eigenvalue weighted by atomic mass is 79.9. The molecule has 0 fully saturated rings. The van der Waals surface area contributed by atoms with Gasteiger partial charge in [0.2, 0.25) is 0 Å². The van der Waals surface area contributed by atoms with Crippen LogP contribution in [-0.4, -0.2) is 25.0 Å². The summed E-state index contributed by atoms with van der Waals surface area (Å²) < 4.78 is 5.90. The molecule has 2 rings (SSSR count). The molecule has 4 nitrogen and oxygen atoms in total. The van der Waals surface area contributed by atoms with E-state index in [1.807, 2.05) is 36.4 Å². The Morgan fingerprint density at radius 3 is 2.55 bits per heavy atom. The standard InChI is InChI=1S/C17H16BrNO3/c18-15-8-4-7-14(11-15)17(21)19-12-16(20)22-10-9-13-5-2-1-3-6-13/h1-8,11H,9-10,12H2,(H,19,21). The number of carbonyl (C=O) groups is 2. The van der Waals surface area contributed by atoms with Crippen molar-refractivity contribution in [3.05, 3.63) is 70.2 Å². The molecule has 0 heterocycles. The maximum Gasteiger partial charge on any atom is 0.325 e. The van der Waals surface area contributed by atoms with Crippen LogP contribution >= 0.6 is 15.9 Å². The Kier molecular flexibility index (Phi) is 6.15. The predicted octanol–water partition coefficient (Wildman–Crippen LogP) is 2.96. The molecule has 1 N–H and O–H groups in total. The lowest BCUT2D eigenvalue weighted by molar-refractivity contribution is -0.142. The lowest BCUT2D eigenvalue weighted by atomic mass is 10.2. The normalized spacial score (nSPS) is 10.0. The molecule has 114 valence electrons. The number of esters is 1. The summed E-state index contributed by atoms with van der Waals surface area (Å²) in [5.41, 5.74) is 1.60. The molecular formula is C17H16BrNO3. The number of hydrogen-bond donors (Lipinski definition) is 1. The van der Waals surface area contributed by atoms with Gasteiger partial charge in [0, 0.05) is 16.5 Å². The molecule has 2 aromatic carbocycles. The third-order valence-corrected chi connectivity index (χ3v) is 3.47. The molecule has 0 saturated heterocycles. The maximum atomic E-state index is 11.9. The van der Waals surface area contributed by atoms with Crippen molar-refractivity contribution in [2.75, 3.05) is 13.2 Å². The van der Waals surface area contributed by atoms with Gasteiger partial charge in [-0.15, -0.1) is 0 Å². The fraction of sp³-hybridized carbons (Fsp3) is 0.176. The third-order valence-electron chi connectivity index (χ3n) is 2.98. The summed E-state index contributed by atoms with van der Waals surface area (Å²) in [6.07, 6.45) is 0.659. The second kappa shape index (κ2) is 8.34. The van der Waals surface area contributed by atoms with Gasteiger partial charge in [-0.1, -0.05) is 52.3 Å². The number of nitrogens with one attached hydrogen (secondary N) is 1. The van der Waals surface area contributed by atoms with E-state index in [-0.39, 0.29) is 12.5 Å². The molecule has 0 saturated carbocycles. The fourth-order valence-electron chi connectivity index (χ4n) is 1.86. The molecule has 2 aromatic rings. The van der Waals surface area contributed by atoms with E-state index in [0.29, 0.717) is 18.6 Å². The summed E-state index contributed by atoms with van der Waals surface area (Å²) >= 11 is 3.30. The quantitative estimate of drug-likeness (QED) is 0.804. The van der Waals surface area contributed by atoms with Gasteiger partial charge in [-0.25, -0.2) is 0 Å². The van der Waals surface area contributed by atoms with Gasteiger partial charge in [0.15, 0.2) is 0 Å². The highest BCUT2D eigenvalue weighted by molar-refractivity contribution is 9.10. The summed E-state index contributed by atoms with van der Waals surface area (Å²) in [6, 6.07) is 16.7. The van der Waals surface area contributed by atoms with E-state index in [1.165, 1.54) is 0 Å². The van der Waals surface area contributed by atoms with Crippen LogP contribution in [0.15, 0.2) is 59.1 Å². The predicted molar refractivity (Wildman–Crippen MR) is 87.6 cm³/mol. The van der Waals surface area contributed by atoms with Crippen molar-refractivity contribution in [2.24, 2.45) is 0 Å². The minimum atomic E-state index is -0.445. The number of benzene rings is 2. The summed E-state index contributed by atoms with van der Waals surface area (Å²) in [6.45, 7) is 0.162. The van der Waals surface area contributed by atoms with Gasteiger partial charge in [-0.05, 0) is 23.8 Å². The largest absolute Gasteiger partial charge is 0.464 e. The van der Waals surface area contributed by atoms with Gasteiger partial charge in [-0.2, -0.15) is 0 Å². The van der Waals surface area contributed by atoms with E-state index in [0.717, 1.165) is 10.0 Å². The number of hydrogen-bond acceptors (Lipinski definition) is 3. The molecule has 0 aliphatic heterocycles. The smallest absolute Gasteiger partial charge is 0.325 e. The van der Waals surface area contributed by atoms with E-state index in [1.54, 1.807) is 18.2 Å². The molecule has 0 spiro atoms. The number of rotatable bonds is 6. The molecule has 0 atom stereocenters. The van der Waals surface area contributed by atoms with Crippen LogP contribution in [0.3, 0.4) is 0 Å². The van der Waals surface area contributed by atoms with Crippen LogP contribution in [0.1, 0.15) is 15.9 Å². The summed E-state index contributed by atoms with van der Waals surface area (Å²) in [4.78, 5) is 23.4. The van der Waals surface area contributed by atoms with E-state index < -0.39 is 5.97 Å². The number of carbonyl (C=O) groups excluding carboxylic acids is 2. The molecule has 1 amide bonds. The van der Waals surface area contributed by atoms with E-state index in [2.05, 4.69) is 21.2 Å². The minimum absolute atomic E-state index is 0.139. The Morgan fingerprint density at radius 2 is 1.82 bits per heavy atom. The van der Waals surface area contributed by atoms with Gasteiger partial charge in [-0.3, -0.25) is 9.59 Å². The van der Waals surface area contributed by atoms with Gasteiger partial charge < -0.3 is 10.1 Å². The van der Waals surface area contributed by atoms with Crippen LogP contribution in [0.2, 0.25) is 0 Å². The van der Waals surface area contributed by atoms with Gasteiger partial charge >= 0.3 is 5.97 Å². The van der Waals surface area contributed by atoms with Crippen LogP contribution in [-0.2, 0) is 16.0 Å². The van der Waals surface area contributed by atoms with Crippen molar-refractivity contribution < 1.29 is 14.3 Å². The highest BCUT2D eigenvalue weighted by Gasteiger charge is 2.09. The third kappa shape index (κ3) is 5.33. The Hall–Kier alpha value is -2.14. The maximum absolute atomic E-state index is 11.9. The van der Waals surface area contributed by atoms with Crippen molar-refractivity contribution in [2.45, 2.75) is 6.42 Å². The van der Waals surface area contributed by atoms with Crippen LogP contribution in [0.5, 0.6) is 0 Å². The topological polar surface area (TPSA) is 55.4 Å². The van der Waals surface area contributed by atoms with Gasteiger partial charge in [0.25, 0.3) is 5.91 Å². The number of amides is 1. The lowest BCUT2D eigenvalue weighted by Crippen LogP contribution is -2.30. The second-order valence-corrected chi connectivity index (χ2v) is 5.56. The van der Waals surface area contributed by atoms with Crippen molar-refractivity contribution >= 4 is 27.8 Å². The van der Waals surface area contributed by atoms with Crippen molar-refractivity contribution in [1.82, 2.24) is 5.32 Å². The zero-order valence-electron chi connectivity index (χ0n) is 11.9. The SMILES string of the molecule is O=C(CNC(=O)c1cccc(Br)c1)OCCc1ccccc1. The van der Waals surface area contributed by atoms with Crippen LogP contribution in [0.25, 0.3) is 0 Å². The molecule has 0 aliphatic carbocycles. The van der Waals surface area contributed by atoms with Crippen molar-refractivity contribution in [3.63, 3.8) is 0 Å².